The maximum Gasteiger partial charge on any atom is 0.270 e. The van der Waals surface area contributed by atoms with E-state index in [0.717, 1.165) is 11.3 Å². The molecule has 0 fully saturated rings. The van der Waals surface area contributed by atoms with Crippen LogP contribution in [0.25, 0.3) is 0 Å². The number of para-hydroxylation sites is 1. The topological polar surface area (TPSA) is 77.2 Å². The standard InChI is InChI=1S/C13H15N3O2S/c1-18-11-5-3-2-4-9(11)6-7-15-12(17)10-8-19-13(14)16-10/h2-5,8H,6-7H2,1H3,(H2,14,16)(H,15,17). The van der Waals surface area contributed by atoms with E-state index in [9.17, 15) is 4.79 Å². The molecular weight excluding hydrogens is 262 g/mol. The number of nitrogen functional groups attached to an aromatic ring is 1. The van der Waals surface area contributed by atoms with Gasteiger partial charge >= 0.3 is 0 Å². The molecule has 1 heterocycles. The Hall–Kier alpha value is -2.08. The third-order valence-corrected chi connectivity index (χ3v) is 3.30. The monoisotopic (exact) mass is 277 g/mol. The van der Waals surface area contributed by atoms with E-state index in [2.05, 4.69) is 10.3 Å². The zero-order valence-electron chi connectivity index (χ0n) is 10.6. The number of nitrogens with one attached hydrogen (secondary N) is 1. The van der Waals surface area contributed by atoms with E-state index < -0.39 is 0 Å². The van der Waals surface area contributed by atoms with Gasteiger partial charge in [0.2, 0.25) is 0 Å². The second-order valence-corrected chi connectivity index (χ2v) is 4.78. The highest BCUT2D eigenvalue weighted by Gasteiger charge is 2.09. The summed E-state index contributed by atoms with van der Waals surface area (Å²) in [6.45, 7) is 0.524. The predicted molar refractivity (Wildman–Crippen MR) is 75.6 cm³/mol. The Balaban J connectivity index is 1.88. The molecule has 2 aromatic rings. The van der Waals surface area contributed by atoms with E-state index in [0.29, 0.717) is 23.8 Å². The number of aromatic nitrogens is 1. The van der Waals surface area contributed by atoms with Gasteiger partial charge in [0.15, 0.2) is 5.13 Å². The highest BCUT2D eigenvalue weighted by molar-refractivity contribution is 7.13. The third kappa shape index (κ3) is 3.45. The molecule has 0 spiro atoms. The molecule has 0 saturated heterocycles. The summed E-state index contributed by atoms with van der Waals surface area (Å²) < 4.78 is 5.25. The molecule has 19 heavy (non-hydrogen) atoms. The number of ether oxygens (including phenoxy) is 1. The van der Waals surface area contributed by atoms with Crippen molar-refractivity contribution in [1.82, 2.24) is 10.3 Å². The smallest absolute Gasteiger partial charge is 0.270 e. The molecule has 0 unspecified atom stereocenters. The number of carbonyl (C=O) groups is 1. The van der Waals surface area contributed by atoms with E-state index in [1.807, 2.05) is 24.3 Å². The van der Waals surface area contributed by atoms with Gasteiger partial charge in [-0.3, -0.25) is 4.79 Å². The molecule has 1 aromatic heterocycles. The van der Waals surface area contributed by atoms with E-state index in [1.54, 1.807) is 12.5 Å². The van der Waals surface area contributed by atoms with Crippen molar-refractivity contribution in [1.29, 1.82) is 0 Å². The molecule has 0 aliphatic rings. The van der Waals surface area contributed by atoms with Gasteiger partial charge in [0.1, 0.15) is 11.4 Å². The molecule has 100 valence electrons. The summed E-state index contributed by atoms with van der Waals surface area (Å²) in [6.07, 6.45) is 0.704. The third-order valence-electron chi connectivity index (χ3n) is 2.63. The fourth-order valence-electron chi connectivity index (χ4n) is 1.70. The molecule has 1 amide bonds. The van der Waals surface area contributed by atoms with Gasteiger partial charge in [-0.2, -0.15) is 0 Å². The molecule has 1 aromatic carbocycles. The van der Waals surface area contributed by atoms with Crippen molar-refractivity contribution in [3.63, 3.8) is 0 Å². The lowest BCUT2D eigenvalue weighted by atomic mass is 10.1. The van der Waals surface area contributed by atoms with E-state index >= 15 is 0 Å². The normalized spacial score (nSPS) is 10.2. The molecule has 0 aliphatic carbocycles. The maximum atomic E-state index is 11.7. The van der Waals surface area contributed by atoms with Gasteiger partial charge in [-0.05, 0) is 18.1 Å². The quantitative estimate of drug-likeness (QED) is 0.872. The van der Waals surface area contributed by atoms with E-state index in [1.165, 1.54) is 11.3 Å². The summed E-state index contributed by atoms with van der Waals surface area (Å²) >= 11 is 1.25. The summed E-state index contributed by atoms with van der Waals surface area (Å²) in [6, 6.07) is 7.74. The molecule has 6 heteroatoms. The summed E-state index contributed by atoms with van der Waals surface area (Å²) in [4.78, 5) is 15.7. The van der Waals surface area contributed by atoms with Crippen LogP contribution in [0.2, 0.25) is 0 Å². The molecule has 0 radical (unpaired) electrons. The number of hydrogen-bond donors (Lipinski definition) is 2. The number of amides is 1. The number of carbonyl (C=O) groups excluding carboxylic acids is 1. The Morgan fingerprint density at radius 3 is 2.95 bits per heavy atom. The van der Waals surface area contributed by atoms with Gasteiger partial charge in [-0.15, -0.1) is 11.3 Å². The Bertz CT molecular complexity index is 569. The van der Waals surface area contributed by atoms with Crippen LogP contribution in [0.3, 0.4) is 0 Å². The lowest BCUT2D eigenvalue weighted by Gasteiger charge is -2.08. The fraction of sp³-hybridized carbons (Fsp3) is 0.231. The molecule has 0 bridgehead atoms. The number of methoxy groups -OCH3 is 1. The minimum atomic E-state index is -0.206. The number of anilines is 1. The molecule has 3 N–H and O–H groups in total. The molecule has 0 aliphatic heterocycles. The van der Waals surface area contributed by atoms with Crippen molar-refractivity contribution in [2.75, 3.05) is 19.4 Å². The Morgan fingerprint density at radius 1 is 1.47 bits per heavy atom. The first kappa shape index (κ1) is 13.4. The van der Waals surface area contributed by atoms with Crippen molar-refractivity contribution >= 4 is 22.4 Å². The zero-order valence-corrected chi connectivity index (χ0v) is 11.4. The number of benzene rings is 1. The summed E-state index contributed by atoms with van der Waals surface area (Å²) in [5.41, 5.74) is 6.91. The predicted octanol–water partition coefficient (Wildman–Crippen LogP) is 1.71. The van der Waals surface area contributed by atoms with E-state index in [-0.39, 0.29) is 5.91 Å². The van der Waals surface area contributed by atoms with Gasteiger partial charge in [0, 0.05) is 11.9 Å². The number of nitrogens with two attached hydrogens (primary N) is 1. The Labute approximate surface area is 115 Å². The van der Waals surface area contributed by atoms with Gasteiger partial charge in [-0.25, -0.2) is 4.98 Å². The van der Waals surface area contributed by atoms with Crippen molar-refractivity contribution in [2.24, 2.45) is 0 Å². The first-order chi connectivity index (χ1) is 9.20. The molecule has 0 saturated carbocycles. The van der Waals surface area contributed by atoms with Crippen LogP contribution in [0, 0.1) is 0 Å². The van der Waals surface area contributed by atoms with Gasteiger partial charge in [-0.1, -0.05) is 18.2 Å². The average molecular weight is 277 g/mol. The van der Waals surface area contributed by atoms with Gasteiger partial charge < -0.3 is 15.8 Å². The number of rotatable bonds is 5. The van der Waals surface area contributed by atoms with Crippen LogP contribution in [0.1, 0.15) is 16.1 Å². The maximum absolute atomic E-state index is 11.7. The van der Waals surface area contributed by atoms with Crippen LogP contribution in [-0.2, 0) is 6.42 Å². The highest BCUT2D eigenvalue weighted by Crippen LogP contribution is 2.17. The lowest BCUT2D eigenvalue weighted by molar-refractivity contribution is 0.0950. The average Bonchev–Trinajstić information content (AvgIpc) is 2.86. The minimum absolute atomic E-state index is 0.206. The largest absolute Gasteiger partial charge is 0.496 e. The SMILES string of the molecule is COc1ccccc1CCNC(=O)c1csc(N)n1. The van der Waals surface area contributed by atoms with Crippen LogP contribution >= 0.6 is 11.3 Å². The molecule has 0 atom stereocenters. The molecular formula is C13H15N3O2S. The molecule has 5 nitrogen and oxygen atoms in total. The second-order valence-electron chi connectivity index (χ2n) is 3.89. The number of thiazole rings is 1. The zero-order chi connectivity index (χ0) is 13.7. The van der Waals surface area contributed by atoms with Crippen molar-refractivity contribution in [3.05, 3.63) is 40.9 Å². The van der Waals surface area contributed by atoms with Crippen molar-refractivity contribution < 1.29 is 9.53 Å². The summed E-state index contributed by atoms with van der Waals surface area (Å²) in [5.74, 6) is 0.623. The Morgan fingerprint density at radius 2 is 2.26 bits per heavy atom. The second kappa shape index (κ2) is 6.19. The van der Waals surface area contributed by atoms with Crippen LogP contribution in [0.4, 0.5) is 5.13 Å². The van der Waals surface area contributed by atoms with Crippen molar-refractivity contribution in [3.8, 4) is 5.75 Å². The fourth-order valence-corrected chi connectivity index (χ4v) is 2.25. The summed E-state index contributed by atoms with van der Waals surface area (Å²) in [5, 5.41) is 4.85. The number of hydrogen-bond acceptors (Lipinski definition) is 5. The van der Waals surface area contributed by atoms with Gasteiger partial charge in [0.05, 0.1) is 7.11 Å². The van der Waals surface area contributed by atoms with Crippen LogP contribution in [0.5, 0.6) is 5.75 Å². The van der Waals surface area contributed by atoms with E-state index in [4.69, 9.17) is 10.5 Å². The van der Waals surface area contributed by atoms with Gasteiger partial charge in [0.25, 0.3) is 5.91 Å². The first-order valence-corrected chi connectivity index (χ1v) is 6.69. The van der Waals surface area contributed by atoms with Crippen LogP contribution < -0.4 is 15.8 Å². The van der Waals surface area contributed by atoms with Crippen LogP contribution in [0.15, 0.2) is 29.6 Å². The Kier molecular flexibility index (Phi) is 4.35. The highest BCUT2D eigenvalue weighted by atomic mass is 32.1. The number of nitrogens with zero attached hydrogens (tertiary/aromatic N) is 1. The lowest BCUT2D eigenvalue weighted by Crippen LogP contribution is -2.26. The first-order valence-electron chi connectivity index (χ1n) is 5.82. The molecule has 2 rings (SSSR count). The summed E-state index contributed by atoms with van der Waals surface area (Å²) in [7, 11) is 1.63. The minimum Gasteiger partial charge on any atom is -0.496 e. The van der Waals surface area contributed by atoms with Crippen molar-refractivity contribution in [2.45, 2.75) is 6.42 Å². The van der Waals surface area contributed by atoms with Crippen LogP contribution in [-0.4, -0.2) is 24.5 Å².